The van der Waals surface area contributed by atoms with E-state index in [-0.39, 0.29) is 6.42 Å². The molecular weight excluding hydrogens is 241 g/mol. The van der Waals surface area contributed by atoms with Crippen LogP contribution in [0.3, 0.4) is 0 Å². The fourth-order valence-corrected chi connectivity index (χ4v) is 2.15. The minimum atomic E-state index is -4.43. The molecule has 0 bridgehead atoms. The minimum absolute atomic E-state index is 0.242. The monoisotopic (exact) mass is 250 g/mol. The molecule has 0 fully saturated rings. The van der Waals surface area contributed by atoms with Crippen molar-refractivity contribution in [2.24, 2.45) is 0 Å². The lowest BCUT2D eigenvalue weighted by atomic mass is 9.99. The van der Waals surface area contributed by atoms with Crippen molar-refractivity contribution in [3.63, 3.8) is 0 Å². The predicted octanol–water partition coefficient (Wildman–Crippen LogP) is 4.22. The van der Waals surface area contributed by atoms with Crippen LogP contribution >= 0.6 is 0 Å². The van der Waals surface area contributed by atoms with E-state index in [1.54, 1.807) is 12.1 Å². The first-order valence-electron chi connectivity index (χ1n) is 5.51. The van der Waals surface area contributed by atoms with Crippen LogP contribution in [0.5, 0.6) is 5.75 Å². The Morgan fingerprint density at radius 2 is 1.78 bits per heavy atom. The van der Waals surface area contributed by atoms with Gasteiger partial charge in [-0.15, -0.1) is 0 Å². The van der Waals surface area contributed by atoms with E-state index < -0.39 is 11.9 Å². The summed E-state index contributed by atoms with van der Waals surface area (Å²) in [5.41, 5.74) is 0.807. The van der Waals surface area contributed by atoms with Gasteiger partial charge in [0.25, 0.3) is 0 Å². The van der Waals surface area contributed by atoms with E-state index in [1.165, 1.54) is 0 Å². The molecule has 0 saturated carbocycles. The van der Waals surface area contributed by atoms with Crippen LogP contribution in [-0.4, -0.2) is 6.18 Å². The number of halogens is 3. The molecule has 2 aromatic carbocycles. The van der Waals surface area contributed by atoms with Crippen molar-refractivity contribution in [1.29, 1.82) is 0 Å². The summed E-state index contributed by atoms with van der Waals surface area (Å²) in [4.78, 5) is 0. The number of ether oxygens (including phenoxy) is 1. The molecule has 0 radical (unpaired) electrons. The summed E-state index contributed by atoms with van der Waals surface area (Å²) in [6.45, 7) is 0. The number of benzene rings is 2. The molecule has 0 atom stereocenters. The van der Waals surface area contributed by atoms with E-state index in [9.17, 15) is 13.2 Å². The first-order chi connectivity index (χ1) is 8.55. The summed E-state index contributed by atoms with van der Waals surface area (Å²) in [6, 6.07) is 11.0. The summed E-state index contributed by atoms with van der Waals surface area (Å²) in [5.74, 6) is -0.631. The highest BCUT2D eigenvalue weighted by molar-refractivity contribution is 5.88. The Labute approximate surface area is 101 Å². The van der Waals surface area contributed by atoms with Crippen LogP contribution in [0.4, 0.5) is 13.2 Å². The van der Waals surface area contributed by atoms with Gasteiger partial charge in [0.2, 0.25) is 5.76 Å². The maximum Gasteiger partial charge on any atom is 0.449 e. The van der Waals surface area contributed by atoms with Crippen LogP contribution in [0, 0.1) is 0 Å². The molecule has 1 aliphatic rings. The Balaban J connectivity index is 2.11. The van der Waals surface area contributed by atoms with Gasteiger partial charge in [0.05, 0.1) is 0 Å². The third-order valence-corrected chi connectivity index (χ3v) is 2.99. The van der Waals surface area contributed by atoms with E-state index in [4.69, 9.17) is 4.74 Å². The second kappa shape index (κ2) is 3.77. The first kappa shape index (κ1) is 11.1. The van der Waals surface area contributed by atoms with Crippen molar-refractivity contribution < 1.29 is 17.9 Å². The Morgan fingerprint density at radius 1 is 1.00 bits per heavy atom. The summed E-state index contributed by atoms with van der Waals surface area (Å²) >= 11 is 0. The topological polar surface area (TPSA) is 9.23 Å². The highest BCUT2D eigenvalue weighted by atomic mass is 19.4. The Bertz CT molecular complexity index is 641. The van der Waals surface area contributed by atoms with E-state index in [0.717, 1.165) is 22.4 Å². The second-order valence-corrected chi connectivity index (χ2v) is 4.14. The van der Waals surface area contributed by atoms with Gasteiger partial charge in [-0.05, 0) is 29.3 Å². The van der Waals surface area contributed by atoms with Gasteiger partial charge in [0, 0.05) is 5.56 Å². The molecule has 2 aromatic rings. The van der Waals surface area contributed by atoms with Crippen molar-refractivity contribution in [3.8, 4) is 5.75 Å². The Morgan fingerprint density at radius 3 is 2.56 bits per heavy atom. The summed E-state index contributed by atoms with van der Waals surface area (Å²) in [6.07, 6.45) is -3.09. The molecule has 0 saturated heterocycles. The van der Waals surface area contributed by atoms with Crippen LogP contribution in [0.1, 0.15) is 5.56 Å². The lowest BCUT2D eigenvalue weighted by Crippen LogP contribution is -2.20. The van der Waals surface area contributed by atoms with Crippen molar-refractivity contribution >= 4 is 10.8 Å². The highest BCUT2D eigenvalue weighted by Gasteiger charge is 2.38. The zero-order valence-corrected chi connectivity index (χ0v) is 9.29. The molecular formula is C14H9F3O. The molecule has 0 unspecified atom stereocenters. The van der Waals surface area contributed by atoms with E-state index >= 15 is 0 Å². The summed E-state index contributed by atoms with van der Waals surface area (Å²) < 4.78 is 42.6. The Hall–Kier alpha value is -1.97. The number of allylic oxidation sites excluding steroid dienone is 2. The van der Waals surface area contributed by atoms with Crippen LogP contribution in [0.2, 0.25) is 0 Å². The number of hydrogen-bond acceptors (Lipinski definition) is 1. The largest absolute Gasteiger partial charge is 0.452 e. The fraction of sp³-hybridized carbons (Fsp3) is 0.143. The Kier molecular flexibility index (Phi) is 2.33. The first-order valence-corrected chi connectivity index (χ1v) is 5.51. The average molecular weight is 250 g/mol. The summed E-state index contributed by atoms with van der Waals surface area (Å²) in [5, 5.41) is 1.94. The van der Waals surface area contributed by atoms with Crippen LogP contribution in [0.15, 0.2) is 48.2 Å². The van der Waals surface area contributed by atoms with Gasteiger partial charge in [0.1, 0.15) is 5.75 Å². The summed E-state index contributed by atoms with van der Waals surface area (Å²) in [7, 11) is 0. The lowest BCUT2D eigenvalue weighted by Gasteiger charge is -2.21. The van der Waals surface area contributed by atoms with Crippen molar-refractivity contribution in [2.75, 3.05) is 0 Å². The third-order valence-electron chi connectivity index (χ3n) is 2.99. The van der Waals surface area contributed by atoms with Crippen molar-refractivity contribution in [1.82, 2.24) is 0 Å². The zero-order chi connectivity index (χ0) is 12.8. The normalized spacial score (nSPS) is 14.9. The molecule has 3 rings (SSSR count). The van der Waals surface area contributed by atoms with Crippen LogP contribution < -0.4 is 4.74 Å². The van der Waals surface area contributed by atoms with Crippen LogP contribution in [-0.2, 0) is 6.42 Å². The second-order valence-electron chi connectivity index (χ2n) is 4.14. The maximum absolute atomic E-state index is 12.6. The molecule has 0 spiro atoms. The molecule has 92 valence electrons. The van der Waals surface area contributed by atoms with Crippen LogP contribution in [0.25, 0.3) is 10.8 Å². The van der Waals surface area contributed by atoms with E-state index in [2.05, 4.69) is 0 Å². The minimum Gasteiger partial charge on any atom is -0.452 e. The van der Waals surface area contributed by atoms with Crippen molar-refractivity contribution in [2.45, 2.75) is 12.6 Å². The van der Waals surface area contributed by atoms with Gasteiger partial charge in [-0.25, -0.2) is 0 Å². The number of rotatable bonds is 0. The SMILES string of the molecule is FC(F)(F)C1=CCc2c(ccc3ccccc23)O1. The molecule has 1 heterocycles. The van der Waals surface area contributed by atoms with Gasteiger partial charge in [0.15, 0.2) is 0 Å². The lowest BCUT2D eigenvalue weighted by molar-refractivity contribution is -0.117. The smallest absolute Gasteiger partial charge is 0.449 e. The zero-order valence-electron chi connectivity index (χ0n) is 9.29. The molecule has 18 heavy (non-hydrogen) atoms. The van der Waals surface area contributed by atoms with Gasteiger partial charge >= 0.3 is 6.18 Å². The van der Waals surface area contributed by atoms with Gasteiger partial charge in [-0.3, -0.25) is 0 Å². The number of fused-ring (bicyclic) bond motifs is 3. The van der Waals surface area contributed by atoms with E-state index in [1.807, 2.05) is 24.3 Å². The number of alkyl halides is 3. The van der Waals surface area contributed by atoms with Gasteiger partial charge in [-0.1, -0.05) is 30.3 Å². The third kappa shape index (κ3) is 1.74. The molecule has 4 heteroatoms. The predicted molar refractivity (Wildman–Crippen MR) is 62.4 cm³/mol. The molecule has 0 aliphatic carbocycles. The average Bonchev–Trinajstić information content (AvgIpc) is 2.37. The fourth-order valence-electron chi connectivity index (χ4n) is 2.15. The van der Waals surface area contributed by atoms with E-state index in [0.29, 0.717) is 5.75 Å². The molecule has 0 aromatic heterocycles. The van der Waals surface area contributed by atoms with Crippen molar-refractivity contribution in [3.05, 3.63) is 53.8 Å². The highest BCUT2D eigenvalue weighted by Crippen LogP contribution is 2.37. The standard InChI is InChI=1S/C14H9F3O/c15-14(16,17)13-8-6-11-10-4-2-1-3-9(10)5-7-12(11)18-13/h1-5,7-8H,6H2. The molecule has 1 nitrogen and oxygen atoms in total. The molecule has 0 amide bonds. The quantitative estimate of drug-likeness (QED) is 0.680. The van der Waals surface area contributed by atoms with Gasteiger partial charge in [-0.2, -0.15) is 13.2 Å². The number of hydrogen-bond donors (Lipinski definition) is 0. The van der Waals surface area contributed by atoms with Gasteiger partial charge < -0.3 is 4.74 Å². The molecule has 1 aliphatic heterocycles. The molecule has 0 N–H and O–H groups in total. The maximum atomic E-state index is 12.6.